The largest absolute Gasteiger partial charge is 0.384 e. The van der Waals surface area contributed by atoms with Gasteiger partial charge in [0.2, 0.25) is 0 Å². The first-order valence-electron chi connectivity index (χ1n) is 11.4. The summed E-state index contributed by atoms with van der Waals surface area (Å²) >= 11 is 0. The van der Waals surface area contributed by atoms with Crippen molar-refractivity contribution in [1.29, 1.82) is 5.26 Å². The summed E-state index contributed by atoms with van der Waals surface area (Å²) in [6.07, 6.45) is 4.61. The second-order valence-electron chi connectivity index (χ2n) is 8.21. The minimum absolute atomic E-state index is 0.160. The van der Waals surface area contributed by atoms with E-state index >= 15 is 0 Å². The van der Waals surface area contributed by atoms with Gasteiger partial charge in [0.25, 0.3) is 5.91 Å². The van der Waals surface area contributed by atoms with Crippen molar-refractivity contribution < 1.29 is 4.79 Å². The molecule has 0 saturated heterocycles. The van der Waals surface area contributed by atoms with Crippen LogP contribution in [0.4, 0.5) is 0 Å². The van der Waals surface area contributed by atoms with Crippen LogP contribution in [0.3, 0.4) is 0 Å². The van der Waals surface area contributed by atoms with Crippen molar-refractivity contribution in [2.75, 3.05) is 7.05 Å². The van der Waals surface area contributed by atoms with Gasteiger partial charge in [0.1, 0.15) is 11.9 Å². The maximum atomic E-state index is 12.8. The van der Waals surface area contributed by atoms with E-state index in [0.717, 1.165) is 45.3 Å². The highest BCUT2D eigenvalue weighted by Crippen LogP contribution is 2.18. The van der Waals surface area contributed by atoms with E-state index in [-0.39, 0.29) is 5.91 Å². The van der Waals surface area contributed by atoms with Crippen LogP contribution in [0.2, 0.25) is 0 Å². The lowest BCUT2D eigenvalue weighted by molar-refractivity contribution is 0.0950. The number of hydrogen-bond acceptors (Lipinski definition) is 5. The van der Waals surface area contributed by atoms with Crippen molar-refractivity contribution in [3.8, 4) is 6.07 Å². The molecule has 174 valence electrons. The highest BCUT2D eigenvalue weighted by atomic mass is 16.1. The van der Waals surface area contributed by atoms with Crippen LogP contribution >= 0.6 is 0 Å². The summed E-state index contributed by atoms with van der Waals surface area (Å²) in [6, 6.07) is 19.3. The van der Waals surface area contributed by atoms with E-state index < -0.39 is 0 Å². The van der Waals surface area contributed by atoms with Crippen LogP contribution in [-0.2, 0) is 19.4 Å². The summed E-state index contributed by atoms with van der Waals surface area (Å²) in [7, 11) is 1.67. The molecule has 0 radical (unpaired) electrons. The number of hydrogen-bond donors (Lipinski definition) is 2. The second-order valence-corrected chi connectivity index (χ2v) is 8.21. The van der Waals surface area contributed by atoms with E-state index in [9.17, 15) is 4.79 Å². The minimum atomic E-state index is -0.160. The second kappa shape index (κ2) is 10.6. The number of aryl methyl sites for hydroxylation is 1. The lowest BCUT2D eigenvalue weighted by atomic mass is 10.0. The Morgan fingerprint density at radius 2 is 1.91 bits per heavy atom. The number of pyridine rings is 2. The molecule has 3 N–H and O–H groups in total. The Kier molecular flexibility index (Phi) is 7.12. The first-order chi connectivity index (χ1) is 17.0. The van der Waals surface area contributed by atoms with Crippen LogP contribution in [-0.4, -0.2) is 28.8 Å². The zero-order chi connectivity index (χ0) is 24.8. The van der Waals surface area contributed by atoms with Gasteiger partial charge in [0.05, 0.1) is 11.1 Å². The van der Waals surface area contributed by atoms with E-state index in [1.165, 1.54) is 0 Å². The van der Waals surface area contributed by atoms with Crippen molar-refractivity contribution in [2.24, 2.45) is 10.7 Å². The number of carbonyl (C=O) groups excluding carboxylic acids is 1. The molecular formula is C28H26N6O. The van der Waals surface area contributed by atoms with Crippen molar-refractivity contribution >= 4 is 22.6 Å². The van der Waals surface area contributed by atoms with E-state index in [4.69, 9.17) is 11.0 Å². The molecule has 35 heavy (non-hydrogen) atoms. The third kappa shape index (κ3) is 5.50. The van der Waals surface area contributed by atoms with Gasteiger partial charge < -0.3 is 11.1 Å². The van der Waals surface area contributed by atoms with Gasteiger partial charge in [-0.15, -0.1) is 0 Å². The molecule has 0 aliphatic heterocycles. The number of nitrogens with two attached hydrogens (primary N) is 1. The predicted molar refractivity (Wildman–Crippen MR) is 137 cm³/mol. The topological polar surface area (TPSA) is 117 Å². The number of nitriles is 1. The van der Waals surface area contributed by atoms with E-state index in [1.807, 2.05) is 42.5 Å². The summed E-state index contributed by atoms with van der Waals surface area (Å²) < 4.78 is 0. The Balaban J connectivity index is 1.46. The number of amides is 1. The standard InChI is InChI=1S/C28H26N6O/c1-3-21-11-19(4-6-25(21)27(30)31-2)16-34-28(35)22-8-9-32-24(14-22)13-18-5-7-26-23(10-18)12-20(15-29)17-33-26/h4-12,14,17H,3,13,16H2,1-2H3,(H2,30,31)(H,34,35). The Labute approximate surface area is 204 Å². The smallest absolute Gasteiger partial charge is 0.251 e. The summed E-state index contributed by atoms with van der Waals surface area (Å²) in [6.45, 7) is 2.48. The van der Waals surface area contributed by atoms with Crippen molar-refractivity contribution in [3.63, 3.8) is 0 Å². The lowest BCUT2D eigenvalue weighted by Gasteiger charge is -2.11. The van der Waals surface area contributed by atoms with Crippen LogP contribution in [0.1, 0.15) is 50.8 Å². The van der Waals surface area contributed by atoms with Crippen molar-refractivity contribution in [3.05, 3.63) is 106 Å². The third-order valence-electron chi connectivity index (χ3n) is 5.86. The van der Waals surface area contributed by atoms with Crippen LogP contribution in [0, 0.1) is 11.3 Å². The van der Waals surface area contributed by atoms with Gasteiger partial charge in [-0.05, 0) is 53.4 Å². The Hall–Kier alpha value is -4.57. The molecule has 0 spiro atoms. The molecule has 0 atom stereocenters. The fraction of sp³-hybridized carbons (Fsp3) is 0.179. The van der Waals surface area contributed by atoms with Gasteiger partial charge in [0.15, 0.2) is 0 Å². The van der Waals surface area contributed by atoms with Gasteiger partial charge in [-0.1, -0.05) is 31.2 Å². The molecule has 0 aliphatic rings. The molecular weight excluding hydrogens is 436 g/mol. The molecule has 0 fully saturated rings. The monoisotopic (exact) mass is 462 g/mol. The first-order valence-corrected chi connectivity index (χ1v) is 11.4. The number of nitrogens with zero attached hydrogens (tertiary/aromatic N) is 4. The highest BCUT2D eigenvalue weighted by Gasteiger charge is 2.10. The van der Waals surface area contributed by atoms with Gasteiger partial charge in [-0.2, -0.15) is 5.26 Å². The van der Waals surface area contributed by atoms with E-state index in [0.29, 0.717) is 29.9 Å². The fourth-order valence-electron chi connectivity index (χ4n) is 3.98. The number of aromatic nitrogens is 2. The number of rotatable bonds is 7. The summed E-state index contributed by atoms with van der Waals surface area (Å²) in [4.78, 5) is 25.6. The summed E-state index contributed by atoms with van der Waals surface area (Å²) in [5, 5.41) is 13.0. The molecule has 0 aliphatic carbocycles. The summed E-state index contributed by atoms with van der Waals surface area (Å²) in [5.41, 5.74) is 12.7. The van der Waals surface area contributed by atoms with Gasteiger partial charge in [-0.3, -0.25) is 19.8 Å². The molecule has 2 aromatic carbocycles. The summed E-state index contributed by atoms with van der Waals surface area (Å²) in [5.74, 6) is 0.349. The zero-order valence-corrected chi connectivity index (χ0v) is 19.7. The Bertz CT molecular complexity index is 1470. The Morgan fingerprint density at radius 3 is 2.69 bits per heavy atom. The maximum Gasteiger partial charge on any atom is 0.251 e. The quantitative estimate of drug-likeness (QED) is 0.319. The molecule has 4 aromatic rings. The lowest BCUT2D eigenvalue weighted by Crippen LogP contribution is -2.23. The SMILES string of the molecule is CCc1cc(CNC(=O)c2ccnc(Cc3ccc4ncc(C#N)cc4c3)c2)ccc1C(N)=NC. The number of fused-ring (bicyclic) bond motifs is 1. The molecule has 0 bridgehead atoms. The molecule has 2 aromatic heterocycles. The van der Waals surface area contributed by atoms with Gasteiger partial charge in [-0.25, -0.2) is 0 Å². The van der Waals surface area contributed by atoms with Crippen LogP contribution in [0.5, 0.6) is 0 Å². The number of carbonyl (C=O) groups is 1. The average Bonchev–Trinajstić information content (AvgIpc) is 2.90. The highest BCUT2D eigenvalue weighted by molar-refractivity contribution is 5.99. The van der Waals surface area contributed by atoms with E-state index in [1.54, 1.807) is 25.5 Å². The number of benzene rings is 2. The van der Waals surface area contributed by atoms with Gasteiger partial charge in [0, 0.05) is 54.6 Å². The van der Waals surface area contributed by atoms with Gasteiger partial charge >= 0.3 is 0 Å². The van der Waals surface area contributed by atoms with Crippen LogP contribution in [0.15, 0.2) is 72.0 Å². The van der Waals surface area contributed by atoms with Crippen molar-refractivity contribution in [2.45, 2.75) is 26.3 Å². The maximum absolute atomic E-state index is 12.8. The third-order valence-corrected chi connectivity index (χ3v) is 5.86. The fourth-order valence-corrected chi connectivity index (χ4v) is 3.98. The minimum Gasteiger partial charge on any atom is -0.384 e. The normalized spacial score (nSPS) is 11.3. The molecule has 4 rings (SSSR count). The number of nitrogens with one attached hydrogen (secondary N) is 1. The average molecular weight is 463 g/mol. The predicted octanol–water partition coefficient (Wildman–Crippen LogP) is 3.92. The molecule has 0 unspecified atom stereocenters. The molecule has 7 heteroatoms. The van der Waals surface area contributed by atoms with Crippen LogP contribution in [0.25, 0.3) is 10.9 Å². The molecule has 7 nitrogen and oxygen atoms in total. The zero-order valence-electron chi connectivity index (χ0n) is 19.7. The number of amidine groups is 1. The van der Waals surface area contributed by atoms with Crippen molar-refractivity contribution in [1.82, 2.24) is 15.3 Å². The molecule has 1 amide bonds. The Morgan fingerprint density at radius 1 is 1.09 bits per heavy atom. The number of aliphatic imine (C=N–C) groups is 1. The van der Waals surface area contributed by atoms with E-state index in [2.05, 4.69) is 39.3 Å². The molecule has 0 saturated carbocycles. The van der Waals surface area contributed by atoms with Crippen LogP contribution < -0.4 is 11.1 Å². The molecule has 2 heterocycles. The first kappa shape index (κ1) is 23.6.